The van der Waals surface area contributed by atoms with Crippen LogP contribution in [0.4, 0.5) is 5.82 Å². The van der Waals surface area contributed by atoms with Gasteiger partial charge in [-0.15, -0.1) is 0 Å². The van der Waals surface area contributed by atoms with Crippen molar-refractivity contribution in [1.29, 1.82) is 0 Å². The predicted molar refractivity (Wildman–Crippen MR) is 90.9 cm³/mol. The van der Waals surface area contributed by atoms with E-state index in [1.165, 1.54) is 0 Å². The van der Waals surface area contributed by atoms with Crippen LogP contribution in [0.15, 0.2) is 18.3 Å². The number of hydrogen-bond donors (Lipinski definition) is 1. The van der Waals surface area contributed by atoms with Crippen LogP contribution in [0.3, 0.4) is 0 Å². The number of anilines is 1. The third-order valence-corrected chi connectivity index (χ3v) is 6.01. The summed E-state index contributed by atoms with van der Waals surface area (Å²) < 4.78 is 25.1. The number of nitrogens with one attached hydrogen (secondary N) is 1. The molecule has 0 saturated carbocycles. The van der Waals surface area contributed by atoms with E-state index in [1.807, 2.05) is 13.0 Å². The summed E-state index contributed by atoms with van der Waals surface area (Å²) in [6.07, 6.45) is 2.22. The molecule has 0 bridgehead atoms. The molecule has 1 fully saturated rings. The Hall–Kier alpha value is -2.22. The summed E-state index contributed by atoms with van der Waals surface area (Å²) in [4.78, 5) is 16.7. The molecular formula is C16H20N4O3S. The summed E-state index contributed by atoms with van der Waals surface area (Å²) >= 11 is 0. The smallest absolute Gasteiger partial charge is 0.260 e. The van der Waals surface area contributed by atoms with E-state index in [0.717, 1.165) is 5.56 Å². The highest BCUT2D eigenvalue weighted by atomic mass is 32.2. The highest BCUT2D eigenvalue weighted by Gasteiger charge is 2.32. The van der Waals surface area contributed by atoms with Crippen LogP contribution in [0, 0.1) is 20.8 Å². The topological polar surface area (TPSA) is 94.0 Å². The maximum absolute atomic E-state index is 12.6. The molecule has 0 radical (unpaired) electrons. The summed E-state index contributed by atoms with van der Waals surface area (Å²) in [6, 6.07) is 3.41. The summed E-state index contributed by atoms with van der Waals surface area (Å²) in [5.41, 5.74) is 2.75. The Morgan fingerprint density at radius 1 is 1.29 bits per heavy atom. The Morgan fingerprint density at radius 2 is 2.04 bits per heavy atom. The van der Waals surface area contributed by atoms with Crippen LogP contribution < -0.4 is 5.32 Å². The monoisotopic (exact) mass is 348 g/mol. The molecule has 1 saturated heterocycles. The molecule has 7 nitrogen and oxygen atoms in total. The number of sulfone groups is 1. The molecule has 3 rings (SSSR count). The second-order valence-electron chi connectivity index (χ2n) is 6.22. The molecule has 1 amide bonds. The molecule has 0 aliphatic carbocycles. The zero-order chi connectivity index (χ0) is 17.5. The van der Waals surface area contributed by atoms with Crippen LogP contribution in [-0.4, -0.2) is 40.6 Å². The Balaban J connectivity index is 1.86. The van der Waals surface area contributed by atoms with Crippen molar-refractivity contribution in [3.05, 3.63) is 40.8 Å². The molecule has 128 valence electrons. The van der Waals surface area contributed by atoms with Crippen molar-refractivity contribution in [2.24, 2.45) is 0 Å². The largest absolute Gasteiger partial charge is 0.306 e. The summed E-state index contributed by atoms with van der Waals surface area (Å²) in [5, 5.41) is 7.17. The molecule has 0 spiro atoms. The molecule has 3 heterocycles. The lowest BCUT2D eigenvalue weighted by Crippen LogP contribution is -2.17. The number of amides is 1. The minimum atomic E-state index is -3.01. The van der Waals surface area contributed by atoms with Gasteiger partial charge in [0.1, 0.15) is 5.82 Å². The molecule has 0 unspecified atom stereocenters. The quantitative estimate of drug-likeness (QED) is 0.913. The SMILES string of the molecule is Cc1ccc(NC(=O)c2c(C)nn([C@H]3CCS(=O)(=O)C3)c2C)nc1. The number of nitrogens with zero attached hydrogens (tertiary/aromatic N) is 3. The fourth-order valence-corrected chi connectivity index (χ4v) is 4.73. The van der Waals surface area contributed by atoms with E-state index >= 15 is 0 Å². The van der Waals surface area contributed by atoms with Gasteiger partial charge < -0.3 is 5.32 Å². The first kappa shape index (κ1) is 16.6. The summed E-state index contributed by atoms with van der Waals surface area (Å²) in [5.74, 6) is 0.439. The van der Waals surface area contributed by atoms with E-state index < -0.39 is 9.84 Å². The van der Waals surface area contributed by atoms with Crippen LogP contribution in [0.2, 0.25) is 0 Å². The number of hydrogen-bond acceptors (Lipinski definition) is 5. The van der Waals surface area contributed by atoms with Crippen molar-refractivity contribution >= 4 is 21.6 Å². The normalized spacial score (nSPS) is 19.4. The number of rotatable bonds is 3. The van der Waals surface area contributed by atoms with Gasteiger partial charge >= 0.3 is 0 Å². The Bertz CT molecular complexity index is 885. The molecule has 2 aromatic heterocycles. The van der Waals surface area contributed by atoms with Crippen molar-refractivity contribution in [2.45, 2.75) is 33.2 Å². The second-order valence-corrected chi connectivity index (χ2v) is 8.45. The van der Waals surface area contributed by atoms with E-state index in [2.05, 4.69) is 15.4 Å². The first-order valence-corrected chi connectivity index (χ1v) is 9.59. The number of aryl methyl sites for hydroxylation is 2. The Morgan fingerprint density at radius 3 is 2.62 bits per heavy atom. The number of pyridine rings is 1. The zero-order valence-electron chi connectivity index (χ0n) is 13.9. The molecular weight excluding hydrogens is 328 g/mol. The number of carbonyl (C=O) groups is 1. The predicted octanol–water partition coefficient (Wildman–Crippen LogP) is 1.82. The lowest BCUT2D eigenvalue weighted by Gasteiger charge is -2.11. The van der Waals surface area contributed by atoms with Crippen molar-refractivity contribution in [3.63, 3.8) is 0 Å². The summed E-state index contributed by atoms with van der Waals surface area (Å²) in [6.45, 7) is 5.47. The molecule has 2 aromatic rings. The van der Waals surface area contributed by atoms with E-state index in [4.69, 9.17) is 0 Å². The third kappa shape index (κ3) is 3.19. The van der Waals surface area contributed by atoms with E-state index in [1.54, 1.807) is 30.8 Å². The third-order valence-electron chi connectivity index (χ3n) is 4.26. The van der Waals surface area contributed by atoms with Gasteiger partial charge in [0, 0.05) is 11.9 Å². The fraction of sp³-hybridized carbons (Fsp3) is 0.438. The number of aromatic nitrogens is 3. The average Bonchev–Trinajstić information content (AvgIpc) is 3.00. The van der Waals surface area contributed by atoms with Gasteiger partial charge in [-0.25, -0.2) is 13.4 Å². The fourth-order valence-electron chi connectivity index (χ4n) is 3.04. The van der Waals surface area contributed by atoms with Gasteiger partial charge in [0.2, 0.25) is 0 Å². The average molecular weight is 348 g/mol. The molecule has 1 N–H and O–H groups in total. The second kappa shape index (κ2) is 6.01. The highest BCUT2D eigenvalue weighted by Crippen LogP contribution is 2.27. The zero-order valence-corrected chi connectivity index (χ0v) is 14.7. The van der Waals surface area contributed by atoms with Crippen LogP contribution >= 0.6 is 0 Å². The highest BCUT2D eigenvalue weighted by molar-refractivity contribution is 7.91. The minimum absolute atomic E-state index is 0.0789. The van der Waals surface area contributed by atoms with Gasteiger partial charge in [-0.2, -0.15) is 5.10 Å². The Labute approximate surface area is 141 Å². The lowest BCUT2D eigenvalue weighted by atomic mass is 10.1. The van der Waals surface area contributed by atoms with Gasteiger partial charge in [-0.05, 0) is 38.8 Å². The molecule has 24 heavy (non-hydrogen) atoms. The summed E-state index contributed by atoms with van der Waals surface area (Å²) in [7, 11) is -3.01. The first-order valence-electron chi connectivity index (χ1n) is 7.77. The molecule has 0 aromatic carbocycles. The first-order chi connectivity index (χ1) is 11.3. The van der Waals surface area contributed by atoms with Gasteiger partial charge in [0.25, 0.3) is 5.91 Å². The number of carbonyl (C=O) groups excluding carboxylic acids is 1. The molecule has 1 atom stereocenters. The molecule has 8 heteroatoms. The lowest BCUT2D eigenvalue weighted by molar-refractivity contribution is 0.102. The standard InChI is InChI=1S/C16H20N4O3S/c1-10-4-5-14(17-8-10)18-16(21)15-11(2)19-20(12(15)3)13-6-7-24(22,23)9-13/h4-5,8,13H,6-7,9H2,1-3H3,(H,17,18,21)/t13-/m0/s1. The van der Waals surface area contributed by atoms with Crippen LogP contribution in [0.5, 0.6) is 0 Å². The van der Waals surface area contributed by atoms with E-state index in [-0.39, 0.29) is 23.5 Å². The van der Waals surface area contributed by atoms with Gasteiger partial charge in [0.15, 0.2) is 9.84 Å². The van der Waals surface area contributed by atoms with Crippen molar-refractivity contribution < 1.29 is 13.2 Å². The maximum atomic E-state index is 12.6. The van der Waals surface area contributed by atoms with Crippen LogP contribution in [0.1, 0.15) is 39.8 Å². The van der Waals surface area contributed by atoms with Gasteiger partial charge in [-0.1, -0.05) is 6.07 Å². The molecule has 1 aliphatic rings. The van der Waals surface area contributed by atoms with Crippen molar-refractivity contribution in [3.8, 4) is 0 Å². The minimum Gasteiger partial charge on any atom is -0.306 e. The van der Waals surface area contributed by atoms with E-state index in [0.29, 0.717) is 29.2 Å². The van der Waals surface area contributed by atoms with Crippen molar-refractivity contribution in [1.82, 2.24) is 14.8 Å². The van der Waals surface area contributed by atoms with Gasteiger partial charge in [-0.3, -0.25) is 9.48 Å². The Kier molecular flexibility index (Phi) is 4.16. The molecule has 1 aliphatic heterocycles. The maximum Gasteiger partial charge on any atom is 0.260 e. The van der Waals surface area contributed by atoms with Crippen LogP contribution in [0.25, 0.3) is 0 Å². The van der Waals surface area contributed by atoms with Gasteiger partial charge in [0.05, 0.1) is 28.8 Å². The van der Waals surface area contributed by atoms with Crippen molar-refractivity contribution in [2.75, 3.05) is 16.8 Å². The van der Waals surface area contributed by atoms with E-state index in [9.17, 15) is 13.2 Å². The van der Waals surface area contributed by atoms with Crippen LogP contribution in [-0.2, 0) is 9.84 Å².